The molecule has 1 fully saturated rings. The predicted molar refractivity (Wildman–Crippen MR) is 133 cm³/mol. The number of thiocarbonyl (C=S) groups is 1. The van der Waals surface area contributed by atoms with Crippen LogP contribution in [0.15, 0.2) is 83.8 Å². The van der Waals surface area contributed by atoms with Crippen LogP contribution in [0.4, 0.5) is 5.69 Å². The third kappa shape index (κ3) is 5.30. The number of hydrogen-bond acceptors (Lipinski definition) is 7. The average Bonchev–Trinajstić information content (AvgIpc) is 3.11. The highest BCUT2D eigenvalue weighted by molar-refractivity contribution is 8.26. The number of hydrazine groups is 1. The Morgan fingerprint density at radius 1 is 1.06 bits per heavy atom. The van der Waals surface area contributed by atoms with E-state index in [0.29, 0.717) is 21.8 Å². The molecule has 1 aliphatic heterocycles. The fourth-order valence-electron chi connectivity index (χ4n) is 3.07. The number of carbonyl (C=O) groups is 2. The molecule has 0 spiro atoms. The van der Waals surface area contributed by atoms with Crippen LogP contribution in [0, 0.1) is 10.1 Å². The first-order valence-electron chi connectivity index (χ1n) is 10.0. The summed E-state index contributed by atoms with van der Waals surface area (Å²) in [7, 11) is 0. The van der Waals surface area contributed by atoms with Gasteiger partial charge in [0.2, 0.25) is 0 Å². The van der Waals surface area contributed by atoms with Crippen LogP contribution in [-0.2, 0) is 11.4 Å². The first-order valence-corrected chi connectivity index (χ1v) is 11.2. The lowest BCUT2D eigenvalue weighted by Gasteiger charge is -2.15. The first-order chi connectivity index (χ1) is 16.4. The van der Waals surface area contributed by atoms with Crippen LogP contribution in [-0.4, -0.2) is 26.1 Å². The molecular weight excluding hydrogens is 474 g/mol. The van der Waals surface area contributed by atoms with E-state index in [0.717, 1.165) is 22.3 Å². The maximum atomic E-state index is 12.9. The fourth-order valence-corrected chi connectivity index (χ4v) is 4.24. The van der Waals surface area contributed by atoms with Crippen LogP contribution in [0.5, 0.6) is 5.75 Å². The molecule has 0 radical (unpaired) electrons. The van der Waals surface area contributed by atoms with Gasteiger partial charge in [-0.1, -0.05) is 48.2 Å². The number of nitro groups is 1. The largest absolute Gasteiger partial charge is 0.488 e. The Balaban J connectivity index is 1.47. The van der Waals surface area contributed by atoms with Crippen molar-refractivity contribution in [1.29, 1.82) is 0 Å². The van der Waals surface area contributed by atoms with Crippen LogP contribution in [0.2, 0.25) is 0 Å². The number of amides is 2. The van der Waals surface area contributed by atoms with Crippen LogP contribution in [0.1, 0.15) is 21.5 Å². The molecule has 0 aromatic heterocycles. The zero-order valence-electron chi connectivity index (χ0n) is 17.5. The highest BCUT2D eigenvalue weighted by Crippen LogP contribution is 2.33. The molecule has 2 amide bonds. The number of nitrogens with zero attached hydrogens (tertiary/aromatic N) is 2. The van der Waals surface area contributed by atoms with Crippen molar-refractivity contribution in [2.75, 3.05) is 0 Å². The molecule has 3 aromatic rings. The third-order valence-corrected chi connectivity index (χ3v) is 6.09. The summed E-state index contributed by atoms with van der Waals surface area (Å²) < 4.78 is 6.11. The van der Waals surface area contributed by atoms with E-state index in [9.17, 15) is 19.7 Å². The number of thioether (sulfide) groups is 1. The highest BCUT2D eigenvalue weighted by atomic mass is 32.2. The van der Waals surface area contributed by atoms with Crippen LogP contribution < -0.4 is 10.2 Å². The molecule has 170 valence electrons. The van der Waals surface area contributed by atoms with Gasteiger partial charge in [0.25, 0.3) is 17.5 Å². The van der Waals surface area contributed by atoms with Crippen LogP contribution in [0.25, 0.3) is 6.08 Å². The molecule has 0 unspecified atom stereocenters. The molecule has 1 saturated heterocycles. The summed E-state index contributed by atoms with van der Waals surface area (Å²) >= 11 is 6.37. The first kappa shape index (κ1) is 23.1. The van der Waals surface area contributed by atoms with Crippen molar-refractivity contribution in [3.05, 3.63) is 111 Å². The zero-order chi connectivity index (χ0) is 24.1. The number of nitro benzene ring substituents is 1. The van der Waals surface area contributed by atoms with Gasteiger partial charge in [0, 0.05) is 23.3 Å². The Labute approximate surface area is 204 Å². The standard InChI is InChI=1S/C24H17N3O5S2/c28-22(17-6-2-1-3-7-17)25-26-23(29)21(34-24(26)33)14-18-8-4-5-9-20(18)32-15-16-10-12-19(13-11-16)27(30)31/h1-14H,15H2,(H,25,28). The Hall–Kier alpha value is -4.02. The summed E-state index contributed by atoms with van der Waals surface area (Å²) in [5, 5.41) is 11.9. The van der Waals surface area contributed by atoms with E-state index in [1.807, 2.05) is 6.07 Å². The zero-order valence-corrected chi connectivity index (χ0v) is 19.2. The number of benzene rings is 3. The maximum absolute atomic E-state index is 12.9. The van der Waals surface area contributed by atoms with Gasteiger partial charge in [-0.3, -0.25) is 25.1 Å². The number of hydrogen-bond donors (Lipinski definition) is 1. The van der Waals surface area contributed by atoms with Gasteiger partial charge in [0.05, 0.1) is 9.83 Å². The van der Waals surface area contributed by atoms with E-state index in [-0.39, 0.29) is 16.6 Å². The number of rotatable bonds is 7. The minimum Gasteiger partial charge on any atom is -0.488 e. The molecule has 10 heteroatoms. The van der Waals surface area contributed by atoms with E-state index >= 15 is 0 Å². The van der Waals surface area contributed by atoms with Crippen molar-refractivity contribution in [1.82, 2.24) is 10.4 Å². The van der Waals surface area contributed by atoms with E-state index in [4.69, 9.17) is 17.0 Å². The van der Waals surface area contributed by atoms with Gasteiger partial charge in [-0.2, -0.15) is 5.01 Å². The quantitative estimate of drug-likeness (QED) is 0.221. The second kappa shape index (κ2) is 10.3. The molecule has 1 aliphatic rings. The molecule has 0 bridgehead atoms. The minimum absolute atomic E-state index is 0.00512. The van der Waals surface area contributed by atoms with E-state index in [1.54, 1.807) is 66.7 Å². The van der Waals surface area contributed by atoms with Crippen molar-refractivity contribution in [2.45, 2.75) is 6.61 Å². The van der Waals surface area contributed by atoms with Crippen LogP contribution in [0.3, 0.4) is 0 Å². The van der Waals surface area contributed by atoms with Gasteiger partial charge in [-0.05, 0) is 54.2 Å². The summed E-state index contributed by atoms with van der Waals surface area (Å²) in [5.74, 6) is -0.353. The lowest BCUT2D eigenvalue weighted by atomic mass is 10.1. The van der Waals surface area contributed by atoms with Crippen LogP contribution >= 0.6 is 24.0 Å². The summed E-state index contributed by atoms with van der Waals surface area (Å²) in [6.07, 6.45) is 1.65. The van der Waals surface area contributed by atoms with Gasteiger partial charge in [-0.25, -0.2) is 0 Å². The van der Waals surface area contributed by atoms with Gasteiger partial charge in [0.15, 0.2) is 4.32 Å². The molecule has 8 nitrogen and oxygen atoms in total. The van der Waals surface area contributed by atoms with E-state index in [1.165, 1.54) is 12.1 Å². The summed E-state index contributed by atoms with van der Waals surface area (Å²) in [5.41, 5.74) is 4.37. The second-order valence-corrected chi connectivity index (χ2v) is 8.75. The molecule has 0 atom stereocenters. The van der Waals surface area contributed by atoms with Crippen molar-refractivity contribution in [3.8, 4) is 5.75 Å². The Morgan fingerprint density at radius 2 is 1.74 bits per heavy atom. The van der Waals surface area contributed by atoms with Gasteiger partial charge in [-0.15, -0.1) is 0 Å². The SMILES string of the molecule is O=C(NN1C(=O)C(=Cc2ccccc2OCc2ccc([N+](=O)[O-])cc2)SC1=S)c1ccccc1. The molecule has 0 saturated carbocycles. The molecule has 1 heterocycles. The molecule has 4 rings (SSSR count). The van der Waals surface area contributed by atoms with Gasteiger partial charge >= 0.3 is 0 Å². The summed E-state index contributed by atoms with van der Waals surface area (Å²) in [4.78, 5) is 36.0. The number of ether oxygens (including phenoxy) is 1. The number of non-ortho nitro benzene ring substituents is 1. The predicted octanol–water partition coefficient (Wildman–Crippen LogP) is 4.72. The molecule has 0 aliphatic carbocycles. The minimum atomic E-state index is -0.460. The third-order valence-electron chi connectivity index (χ3n) is 4.79. The average molecular weight is 492 g/mol. The summed E-state index contributed by atoms with van der Waals surface area (Å²) in [6, 6.07) is 21.8. The Kier molecular flexibility index (Phi) is 7.00. The van der Waals surface area contributed by atoms with Crippen molar-refractivity contribution < 1.29 is 19.2 Å². The Morgan fingerprint density at radius 3 is 2.44 bits per heavy atom. The topological polar surface area (TPSA) is 102 Å². The van der Waals surface area contributed by atoms with E-state index < -0.39 is 16.7 Å². The van der Waals surface area contributed by atoms with Crippen molar-refractivity contribution in [2.24, 2.45) is 0 Å². The Bertz CT molecular complexity index is 1290. The molecule has 1 N–H and O–H groups in total. The van der Waals surface area contributed by atoms with Crippen molar-refractivity contribution in [3.63, 3.8) is 0 Å². The fraction of sp³-hybridized carbons (Fsp3) is 0.0417. The van der Waals surface area contributed by atoms with Crippen molar-refractivity contribution >= 4 is 51.9 Å². The monoisotopic (exact) mass is 491 g/mol. The smallest absolute Gasteiger partial charge is 0.285 e. The lowest BCUT2D eigenvalue weighted by Crippen LogP contribution is -2.44. The number of carbonyl (C=O) groups excluding carboxylic acids is 2. The lowest BCUT2D eigenvalue weighted by molar-refractivity contribution is -0.384. The van der Waals surface area contributed by atoms with E-state index in [2.05, 4.69) is 5.43 Å². The highest BCUT2D eigenvalue weighted by Gasteiger charge is 2.34. The summed E-state index contributed by atoms with van der Waals surface area (Å²) in [6.45, 7) is 0.191. The normalized spacial score (nSPS) is 14.4. The maximum Gasteiger partial charge on any atom is 0.285 e. The number of nitrogens with one attached hydrogen (secondary N) is 1. The molecule has 34 heavy (non-hydrogen) atoms. The van der Waals surface area contributed by atoms with Gasteiger partial charge < -0.3 is 4.74 Å². The number of para-hydroxylation sites is 1. The molecule has 3 aromatic carbocycles. The van der Waals surface area contributed by atoms with Gasteiger partial charge in [0.1, 0.15) is 12.4 Å². The second-order valence-electron chi connectivity index (χ2n) is 7.07. The molecular formula is C24H17N3O5S2.